The SMILES string of the molecule is C#Cc1nn(-c2ccccc2Cl)c2c1CCc1nc(NC=O)sc1-2. The van der Waals surface area contributed by atoms with Crippen molar-refractivity contribution in [1.29, 1.82) is 0 Å². The van der Waals surface area contributed by atoms with Crippen LogP contribution in [0.4, 0.5) is 5.13 Å². The number of amides is 1. The van der Waals surface area contributed by atoms with Crippen molar-refractivity contribution in [3.8, 4) is 28.6 Å². The molecule has 5 nitrogen and oxygen atoms in total. The van der Waals surface area contributed by atoms with E-state index in [0.717, 1.165) is 40.4 Å². The molecule has 2 heterocycles. The summed E-state index contributed by atoms with van der Waals surface area (Å²) in [6.45, 7) is 0. The van der Waals surface area contributed by atoms with Crippen molar-refractivity contribution in [1.82, 2.24) is 14.8 Å². The van der Waals surface area contributed by atoms with Gasteiger partial charge in [-0.25, -0.2) is 9.67 Å². The average Bonchev–Trinajstić information content (AvgIpc) is 3.16. The fourth-order valence-electron chi connectivity index (χ4n) is 2.90. The van der Waals surface area contributed by atoms with Crippen LogP contribution in [0.2, 0.25) is 5.02 Å². The first-order chi connectivity index (χ1) is 11.7. The van der Waals surface area contributed by atoms with Crippen molar-refractivity contribution in [2.45, 2.75) is 12.8 Å². The summed E-state index contributed by atoms with van der Waals surface area (Å²) >= 11 is 7.77. The van der Waals surface area contributed by atoms with Crippen molar-refractivity contribution in [2.24, 2.45) is 0 Å². The Morgan fingerprint density at radius 1 is 1.38 bits per heavy atom. The lowest BCUT2D eigenvalue weighted by Crippen LogP contribution is -2.06. The first kappa shape index (κ1) is 14.9. The van der Waals surface area contributed by atoms with Gasteiger partial charge in [-0.2, -0.15) is 5.10 Å². The molecule has 1 aliphatic carbocycles. The molecule has 4 rings (SSSR count). The van der Waals surface area contributed by atoms with Gasteiger partial charge in [0.25, 0.3) is 0 Å². The third kappa shape index (κ3) is 2.21. The van der Waals surface area contributed by atoms with E-state index in [0.29, 0.717) is 22.3 Å². The number of anilines is 1. The number of rotatable bonds is 3. The summed E-state index contributed by atoms with van der Waals surface area (Å²) < 4.78 is 1.79. The van der Waals surface area contributed by atoms with Crippen LogP contribution in [0.25, 0.3) is 16.3 Å². The van der Waals surface area contributed by atoms with E-state index in [4.69, 9.17) is 18.0 Å². The molecule has 0 atom stereocenters. The Balaban J connectivity index is 1.99. The van der Waals surface area contributed by atoms with Crippen molar-refractivity contribution >= 4 is 34.5 Å². The van der Waals surface area contributed by atoms with Crippen LogP contribution in [0.15, 0.2) is 24.3 Å². The van der Waals surface area contributed by atoms with E-state index in [-0.39, 0.29) is 0 Å². The summed E-state index contributed by atoms with van der Waals surface area (Å²) in [6, 6.07) is 7.49. The van der Waals surface area contributed by atoms with E-state index in [2.05, 4.69) is 21.3 Å². The molecule has 1 aromatic carbocycles. The highest BCUT2D eigenvalue weighted by atomic mass is 35.5. The number of carbonyl (C=O) groups excluding carboxylic acids is 1. The molecular weight excluding hydrogens is 344 g/mol. The van der Waals surface area contributed by atoms with Crippen molar-refractivity contribution in [2.75, 3.05) is 5.32 Å². The summed E-state index contributed by atoms with van der Waals surface area (Å²) in [5, 5.41) is 8.36. The highest BCUT2D eigenvalue weighted by Gasteiger charge is 2.29. The normalized spacial score (nSPS) is 12.2. The van der Waals surface area contributed by atoms with E-state index in [1.807, 2.05) is 24.3 Å². The number of aromatic nitrogens is 3. The molecule has 0 unspecified atom stereocenters. The number of benzene rings is 1. The number of terminal acetylenes is 1. The first-order valence-corrected chi connectivity index (χ1v) is 8.46. The molecule has 7 heteroatoms. The Morgan fingerprint density at radius 2 is 2.21 bits per heavy atom. The minimum Gasteiger partial charge on any atom is -0.305 e. The molecule has 0 aliphatic heterocycles. The molecule has 0 saturated carbocycles. The first-order valence-electron chi connectivity index (χ1n) is 7.26. The number of para-hydroxylation sites is 1. The number of nitrogens with one attached hydrogen (secondary N) is 1. The molecule has 1 amide bonds. The highest BCUT2D eigenvalue weighted by Crippen LogP contribution is 2.42. The number of carbonyl (C=O) groups is 1. The molecular formula is C17H11ClN4OS. The zero-order valence-electron chi connectivity index (χ0n) is 12.4. The van der Waals surface area contributed by atoms with Gasteiger partial charge in [0.2, 0.25) is 6.41 Å². The Bertz CT molecular complexity index is 999. The lowest BCUT2D eigenvalue weighted by Gasteiger charge is -2.14. The zero-order chi connectivity index (χ0) is 16.7. The van der Waals surface area contributed by atoms with Gasteiger partial charge < -0.3 is 5.32 Å². The Labute approximate surface area is 147 Å². The average molecular weight is 355 g/mol. The fourth-order valence-corrected chi connectivity index (χ4v) is 4.14. The van der Waals surface area contributed by atoms with Gasteiger partial charge in [-0.1, -0.05) is 35.1 Å². The molecule has 1 N–H and O–H groups in total. The predicted octanol–water partition coefficient (Wildman–Crippen LogP) is 3.30. The molecule has 0 bridgehead atoms. The molecule has 2 aromatic heterocycles. The van der Waals surface area contributed by atoms with Gasteiger partial charge in [0, 0.05) is 5.56 Å². The number of nitrogens with zero attached hydrogens (tertiary/aromatic N) is 3. The molecule has 1 aliphatic rings. The molecule has 0 radical (unpaired) electrons. The summed E-state index contributed by atoms with van der Waals surface area (Å²) in [5.74, 6) is 2.66. The smallest absolute Gasteiger partial charge is 0.213 e. The standard InChI is InChI=1S/C17H11ClN4OS/c1-2-12-10-7-8-13-16(24-17(20-13)19-9-23)15(10)22(21-12)14-6-4-3-5-11(14)18/h1,3-6,9H,7-8H2,(H,19,20,23). The van der Waals surface area contributed by atoms with Crippen LogP contribution in [0.1, 0.15) is 17.0 Å². The summed E-state index contributed by atoms with van der Waals surface area (Å²) in [7, 11) is 0. The highest BCUT2D eigenvalue weighted by molar-refractivity contribution is 7.19. The Hall–Kier alpha value is -2.62. The van der Waals surface area contributed by atoms with E-state index < -0.39 is 0 Å². The van der Waals surface area contributed by atoms with Gasteiger partial charge in [-0.3, -0.25) is 4.79 Å². The van der Waals surface area contributed by atoms with E-state index in [1.165, 1.54) is 11.3 Å². The molecule has 24 heavy (non-hydrogen) atoms. The molecule has 0 saturated heterocycles. The van der Waals surface area contributed by atoms with Gasteiger partial charge in [-0.05, 0) is 30.9 Å². The largest absolute Gasteiger partial charge is 0.305 e. The molecule has 3 aromatic rings. The number of aryl methyl sites for hydroxylation is 1. The van der Waals surface area contributed by atoms with Gasteiger partial charge in [0.1, 0.15) is 5.69 Å². The second kappa shape index (κ2) is 5.78. The minimum absolute atomic E-state index is 0.567. The zero-order valence-corrected chi connectivity index (χ0v) is 14.0. The van der Waals surface area contributed by atoms with Gasteiger partial charge in [-0.15, -0.1) is 6.42 Å². The third-order valence-corrected chi connectivity index (χ3v) is 5.26. The lowest BCUT2D eigenvalue weighted by atomic mass is 9.97. The van der Waals surface area contributed by atoms with Gasteiger partial charge in [0.15, 0.2) is 5.13 Å². The molecule has 0 fully saturated rings. The number of halogens is 1. The summed E-state index contributed by atoms with van der Waals surface area (Å²) in [4.78, 5) is 16.2. The van der Waals surface area contributed by atoms with E-state index in [9.17, 15) is 4.79 Å². The number of hydrogen-bond donors (Lipinski definition) is 1. The number of fused-ring (bicyclic) bond motifs is 3. The minimum atomic E-state index is 0.567. The van der Waals surface area contributed by atoms with Gasteiger partial charge in [0.05, 0.1) is 27.0 Å². The number of thiazole rings is 1. The molecule has 118 valence electrons. The maximum absolute atomic E-state index is 10.7. The second-order valence-corrected chi connectivity index (χ2v) is 6.65. The summed E-state index contributed by atoms with van der Waals surface area (Å²) in [5.41, 5.74) is 4.26. The van der Waals surface area contributed by atoms with Crippen LogP contribution in [-0.2, 0) is 17.6 Å². The van der Waals surface area contributed by atoms with Crippen LogP contribution in [0.3, 0.4) is 0 Å². The maximum atomic E-state index is 10.7. The van der Waals surface area contributed by atoms with Crippen LogP contribution in [0.5, 0.6) is 0 Å². The van der Waals surface area contributed by atoms with Crippen LogP contribution >= 0.6 is 22.9 Å². The van der Waals surface area contributed by atoms with Crippen LogP contribution in [-0.4, -0.2) is 21.2 Å². The monoisotopic (exact) mass is 354 g/mol. The number of hydrogen-bond acceptors (Lipinski definition) is 4. The maximum Gasteiger partial charge on any atom is 0.213 e. The van der Waals surface area contributed by atoms with Gasteiger partial charge >= 0.3 is 0 Å². The predicted molar refractivity (Wildman–Crippen MR) is 94.7 cm³/mol. The quantitative estimate of drug-likeness (QED) is 0.580. The lowest BCUT2D eigenvalue weighted by molar-refractivity contribution is -0.105. The summed E-state index contributed by atoms with van der Waals surface area (Å²) in [6.07, 6.45) is 7.80. The van der Waals surface area contributed by atoms with E-state index >= 15 is 0 Å². The third-order valence-electron chi connectivity index (χ3n) is 3.91. The van der Waals surface area contributed by atoms with Crippen LogP contribution < -0.4 is 5.32 Å². The topological polar surface area (TPSA) is 59.8 Å². The van der Waals surface area contributed by atoms with Crippen molar-refractivity contribution < 1.29 is 4.79 Å². The van der Waals surface area contributed by atoms with Crippen molar-refractivity contribution in [3.63, 3.8) is 0 Å². The van der Waals surface area contributed by atoms with Crippen LogP contribution in [0, 0.1) is 12.3 Å². The Morgan fingerprint density at radius 3 is 2.96 bits per heavy atom. The molecule has 0 spiro atoms. The second-order valence-electron chi connectivity index (χ2n) is 5.24. The van der Waals surface area contributed by atoms with E-state index in [1.54, 1.807) is 4.68 Å². The Kier molecular flexibility index (Phi) is 3.60. The van der Waals surface area contributed by atoms with Crippen molar-refractivity contribution in [3.05, 3.63) is 46.2 Å². The fraction of sp³-hybridized carbons (Fsp3) is 0.118.